The zero-order valence-corrected chi connectivity index (χ0v) is 20.6. The van der Waals surface area contributed by atoms with Gasteiger partial charge in [-0.05, 0) is 41.8 Å². The van der Waals surface area contributed by atoms with E-state index in [1.807, 2.05) is 0 Å². The van der Waals surface area contributed by atoms with Crippen LogP contribution in [0.4, 0.5) is 18.9 Å². The highest BCUT2D eigenvalue weighted by Crippen LogP contribution is 2.53. The Hall–Kier alpha value is -1.19. The van der Waals surface area contributed by atoms with Crippen molar-refractivity contribution in [2.45, 2.75) is 44.1 Å². The first-order valence-electron chi connectivity index (χ1n) is 9.64. The molecule has 1 fully saturated rings. The van der Waals surface area contributed by atoms with E-state index in [4.69, 9.17) is 34.8 Å². The lowest BCUT2D eigenvalue weighted by Crippen LogP contribution is -2.52. The number of carbonyl (C=O) groups excluding carboxylic acids is 1. The molecule has 4 nitrogen and oxygen atoms in total. The van der Waals surface area contributed by atoms with Gasteiger partial charge in [-0.15, -0.1) is 0 Å². The van der Waals surface area contributed by atoms with Crippen molar-refractivity contribution in [2.24, 2.45) is 0 Å². The molecule has 2 N–H and O–H groups in total. The lowest BCUT2D eigenvalue weighted by molar-refractivity contribution is -0.210. The number of anilines is 1. The molecule has 3 rings (SSSR count). The second-order valence-corrected chi connectivity index (χ2v) is 9.49. The van der Waals surface area contributed by atoms with E-state index in [1.54, 1.807) is 25.1 Å². The Labute approximate surface area is 206 Å². The van der Waals surface area contributed by atoms with Crippen LogP contribution in [0.5, 0.6) is 0 Å². The summed E-state index contributed by atoms with van der Waals surface area (Å²) < 4.78 is 43.8. The van der Waals surface area contributed by atoms with E-state index in [0.29, 0.717) is 16.6 Å². The van der Waals surface area contributed by atoms with Crippen LogP contribution >= 0.6 is 50.7 Å². The molecule has 0 spiro atoms. The molecule has 2 unspecified atom stereocenters. The molecule has 2 atom stereocenters. The van der Waals surface area contributed by atoms with Gasteiger partial charge in [-0.3, -0.25) is 4.79 Å². The van der Waals surface area contributed by atoms with Gasteiger partial charge in [-0.25, -0.2) is 0 Å². The number of nitrogens with one attached hydrogen (secondary N) is 1. The Bertz CT molecular complexity index is 1010. The molecule has 0 aliphatic carbocycles. The average molecular weight is 575 g/mol. The molecule has 0 radical (unpaired) electrons. The normalized spacial score (nSPS) is 21.2. The van der Waals surface area contributed by atoms with Crippen LogP contribution in [0.1, 0.15) is 30.9 Å². The van der Waals surface area contributed by atoms with Crippen molar-refractivity contribution >= 4 is 62.3 Å². The summed E-state index contributed by atoms with van der Waals surface area (Å²) in [5, 5.41) is 13.4. The second-order valence-electron chi connectivity index (χ2n) is 7.45. The highest BCUT2D eigenvalue weighted by atomic mass is 79.9. The van der Waals surface area contributed by atoms with E-state index in [0.717, 1.165) is 17.7 Å². The fraction of sp³-hybridized carbons (Fsp3) is 0.381. The van der Waals surface area contributed by atoms with Gasteiger partial charge in [0.05, 0.1) is 15.1 Å². The monoisotopic (exact) mass is 572 g/mol. The minimum absolute atomic E-state index is 0.0477. The fourth-order valence-electron chi connectivity index (χ4n) is 3.82. The van der Waals surface area contributed by atoms with Crippen LogP contribution in [0.15, 0.2) is 34.8 Å². The Balaban J connectivity index is 1.97. The first kappa shape index (κ1) is 25.4. The van der Waals surface area contributed by atoms with Crippen LogP contribution in [0.2, 0.25) is 15.1 Å². The lowest BCUT2D eigenvalue weighted by Gasteiger charge is -2.37. The summed E-state index contributed by atoms with van der Waals surface area (Å²) in [4.78, 5) is 12.8. The van der Waals surface area contributed by atoms with Crippen molar-refractivity contribution in [1.82, 2.24) is 5.32 Å². The molecule has 1 aliphatic rings. The number of aliphatic hydroxyl groups is 1. The smallest absolute Gasteiger partial charge is 0.372 e. The lowest BCUT2D eigenvalue weighted by atomic mass is 9.77. The molecular weight excluding hydrogens is 556 g/mol. The predicted octanol–water partition coefficient (Wildman–Crippen LogP) is 6.46. The summed E-state index contributed by atoms with van der Waals surface area (Å²) >= 11 is 21.3. The van der Waals surface area contributed by atoms with Crippen molar-refractivity contribution in [2.75, 3.05) is 11.4 Å². The topological polar surface area (TPSA) is 52.6 Å². The van der Waals surface area contributed by atoms with Crippen LogP contribution in [-0.4, -0.2) is 30.0 Å². The molecular formula is C21H19BrCl3F3N2O2. The molecule has 2 aromatic rings. The molecule has 11 heteroatoms. The predicted molar refractivity (Wildman–Crippen MR) is 123 cm³/mol. The maximum atomic E-state index is 14.4. The van der Waals surface area contributed by atoms with E-state index < -0.39 is 24.2 Å². The Morgan fingerprint density at radius 2 is 1.88 bits per heavy atom. The Morgan fingerprint density at radius 3 is 2.41 bits per heavy atom. The number of carbonyl (C=O) groups is 1. The van der Waals surface area contributed by atoms with E-state index in [2.05, 4.69) is 21.2 Å². The van der Waals surface area contributed by atoms with Crippen LogP contribution in [0.3, 0.4) is 0 Å². The highest BCUT2D eigenvalue weighted by molar-refractivity contribution is 9.10. The molecule has 32 heavy (non-hydrogen) atoms. The number of alkyl halides is 3. The Kier molecular flexibility index (Phi) is 7.62. The van der Waals surface area contributed by atoms with Crippen LogP contribution in [0.25, 0.3) is 0 Å². The van der Waals surface area contributed by atoms with E-state index >= 15 is 0 Å². The third-order valence-corrected chi connectivity index (χ3v) is 7.59. The number of halogens is 7. The second kappa shape index (κ2) is 9.58. The third-order valence-electron chi connectivity index (χ3n) is 5.65. The van der Waals surface area contributed by atoms with Crippen molar-refractivity contribution < 1.29 is 23.1 Å². The molecule has 174 valence electrons. The van der Waals surface area contributed by atoms with Crippen molar-refractivity contribution in [1.29, 1.82) is 0 Å². The quantitative estimate of drug-likeness (QED) is 0.403. The van der Waals surface area contributed by atoms with Gasteiger partial charge in [0.1, 0.15) is 11.6 Å². The summed E-state index contributed by atoms with van der Waals surface area (Å²) in [5.41, 5.74) is -1.71. The minimum Gasteiger partial charge on any atom is -0.372 e. The first-order chi connectivity index (χ1) is 14.9. The van der Waals surface area contributed by atoms with Gasteiger partial charge in [0.25, 0.3) is 0 Å². The first-order valence-corrected chi connectivity index (χ1v) is 11.6. The van der Waals surface area contributed by atoms with Crippen molar-refractivity contribution in [3.8, 4) is 0 Å². The maximum absolute atomic E-state index is 14.4. The average Bonchev–Trinajstić information content (AvgIpc) is 3.08. The van der Waals surface area contributed by atoms with Crippen molar-refractivity contribution in [3.63, 3.8) is 0 Å². The van der Waals surface area contributed by atoms with Gasteiger partial charge >= 0.3 is 6.18 Å². The number of rotatable bonds is 5. The number of aliphatic hydroxyl groups excluding tert-OH is 1. The van der Waals surface area contributed by atoms with E-state index in [1.165, 1.54) is 4.90 Å². The molecule has 1 aliphatic heterocycles. The molecule has 0 aromatic heterocycles. The highest BCUT2D eigenvalue weighted by Gasteiger charge is 2.65. The van der Waals surface area contributed by atoms with E-state index in [9.17, 15) is 23.1 Å². The molecule has 1 heterocycles. The summed E-state index contributed by atoms with van der Waals surface area (Å²) in [6.45, 7) is 1.94. The SMILES string of the molecule is CCC(=O)NCc1ccc(N2CCC(c3cc(Cl)c(Cl)c(Cl)c3)(C(F)(F)F)C2O)cc1Br. The minimum atomic E-state index is -4.79. The number of nitrogens with zero attached hydrogens (tertiary/aromatic N) is 1. The molecule has 1 amide bonds. The van der Waals surface area contributed by atoms with Gasteiger partial charge in [-0.1, -0.05) is 63.7 Å². The molecule has 0 saturated carbocycles. The van der Waals surface area contributed by atoms with Crippen LogP contribution in [0, 0.1) is 0 Å². The number of hydrogen-bond acceptors (Lipinski definition) is 3. The summed E-state index contributed by atoms with van der Waals surface area (Å²) in [7, 11) is 0. The molecule has 2 aromatic carbocycles. The summed E-state index contributed by atoms with van der Waals surface area (Å²) in [6.07, 6.45) is -6.77. The van der Waals surface area contributed by atoms with Gasteiger partial charge in [0.2, 0.25) is 5.91 Å². The largest absolute Gasteiger partial charge is 0.402 e. The Morgan fingerprint density at radius 1 is 1.25 bits per heavy atom. The fourth-order valence-corrected chi connectivity index (χ4v) is 4.92. The van der Waals surface area contributed by atoms with Gasteiger partial charge in [-0.2, -0.15) is 13.2 Å². The summed E-state index contributed by atoms with van der Waals surface area (Å²) in [5.74, 6) is -0.119. The van der Waals surface area contributed by atoms with Gasteiger partial charge in [0.15, 0.2) is 0 Å². The van der Waals surface area contributed by atoms with Gasteiger partial charge < -0.3 is 15.3 Å². The zero-order valence-electron chi connectivity index (χ0n) is 16.7. The number of hydrogen-bond donors (Lipinski definition) is 2. The summed E-state index contributed by atoms with van der Waals surface area (Å²) in [6, 6.07) is 7.11. The van der Waals surface area contributed by atoms with Crippen LogP contribution < -0.4 is 10.2 Å². The molecule has 1 saturated heterocycles. The standard InChI is InChI=1S/C21H19BrCl3F3N2O2/c1-2-17(31)29-10-11-3-4-13(9-14(11)22)30-6-5-20(19(30)32,21(26,27)28)12-7-15(23)18(25)16(24)8-12/h3-4,7-9,19,32H,2,5-6,10H2,1H3,(H,29,31). The third kappa shape index (κ3) is 4.57. The maximum Gasteiger partial charge on any atom is 0.402 e. The number of benzene rings is 2. The van der Waals surface area contributed by atoms with E-state index in [-0.39, 0.29) is 39.6 Å². The zero-order chi connectivity index (χ0) is 23.8. The van der Waals surface area contributed by atoms with Crippen molar-refractivity contribution in [3.05, 3.63) is 61.0 Å². The molecule has 0 bridgehead atoms. The van der Waals surface area contributed by atoms with Crippen LogP contribution in [-0.2, 0) is 16.8 Å². The van der Waals surface area contributed by atoms with Gasteiger partial charge in [0, 0.05) is 29.7 Å². The number of amides is 1.